The van der Waals surface area contributed by atoms with Gasteiger partial charge in [-0.1, -0.05) is 12.1 Å². The minimum Gasteiger partial charge on any atom is -0.350 e. The summed E-state index contributed by atoms with van der Waals surface area (Å²) in [5.41, 5.74) is 1.57. The molecule has 3 rings (SSSR count). The van der Waals surface area contributed by atoms with Gasteiger partial charge in [0.25, 0.3) is 11.8 Å². The third-order valence-corrected chi connectivity index (χ3v) is 3.81. The number of carbonyl (C=O) groups is 3. The maximum Gasteiger partial charge on any atom is 0.262 e. The molecule has 1 aliphatic heterocycles. The first-order valence-electron chi connectivity index (χ1n) is 7.23. The lowest BCUT2D eigenvalue weighted by molar-refractivity contribution is -0.124. The summed E-state index contributed by atoms with van der Waals surface area (Å²) in [4.78, 5) is 41.9. The molecule has 23 heavy (non-hydrogen) atoms. The molecular formula is C17H15N3O3. The number of nitrogens with one attached hydrogen (secondary N) is 1. The van der Waals surface area contributed by atoms with Crippen LogP contribution in [-0.2, 0) is 11.3 Å². The van der Waals surface area contributed by atoms with Crippen LogP contribution in [0.3, 0.4) is 0 Å². The van der Waals surface area contributed by atoms with Crippen molar-refractivity contribution in [3.8, 4) is 0 Å². The van der Waals surface area contributed by atoms with Crippen LogP contribution in [0.15, 0.2) is 48.8 Å². The lowest BCUT2D eigenvalue weighted by Crippen LogP contribution is -2.47. The quantitative estimate of drug-likeness (QED) is 0.865. The second-order valence-electron chi connectivity index (χ2n) is 5.28. The van der Waals surface area contributed by atoms with Crippen LogP contribution >= 0.6 is 0 Å². The normalized spacial score (nSPS) is 14.6. The van der Waals surface area contributed by atoms with E-state index in [1.54, 1.807) is 55.7 Å². The van der Waals surface area contributed by atoms with Gasteiger partial charge >= 0.3 is 0 Å². The average Bonchev–Trinajstić information content (AvgIpc) is 2.84. The molecule has 2 aromatic rings. The van der Waals surface area contributed by atoms with Gasteiger partial charge in [0.05, 0.1) is 11.1 Å². The third kappa shape index (κ3) is 2.70. The number of benzene rings is 1. The van der Waals surface area contributed by atoms with Gasteiger partial charge in [-0.15, -0.1) is 0 Å². The Morgan fingerprint density at radius 1 is 1.09 bits per heavy atom. The van der Waals surface area contributed by atoms with Crippen LogP contribution in [0.4, 0.5) is 0 Å². The molecule has 1 atom stereocenters. The predicted molar refractivity (Wildman–Crippen MR) is 82.5 cm³/mol. The van der Waals surface area contributed by atoms with E-state index in [0.717, 1.165) is 10.5 Å². The zero-order valence-corrected chi connectivity index (χ0v) is 12.5. The molecule has 1 aromatic heterocycles. The molecule has 1 aliphatic rings. The van der Waals surface area contributed by atoms with Gasteiger partial charge in [0.15, 0.2) is 0 Å². The maximum atomic E-state index is 12.3. The minimum atomic E-state index is -0.871. The van der Waals surface area contributed by atoms with Gasteiger partial charge in [0.1, 0.15) is 6.04 Å². The summed E-state index contributed by atoms with van der Waals surface area (Å²) in [6, 6.07) is 9.28. The van der Waals surface area contributed by atoms with E-state index in [0.29, 0.717) is 17.7 Å². The van der Waals surface area contributed by atoms with E-state index in [-0.39, 0.29) is 5.91 Å². The van der Waals surface area contributed by atoms with E-state index in [1.807, 2.05) is 0 Å². The Labute approximate surface area is 133 Å². The minimum absolute atomic E-state index is 0.314. The standard InChI is InChI=1S/C17H15N3O3/c1-11(15(21)19-10-12-6-8-18-9-7-12)20-16(22)13-4-2-3-5-14(13)17(20)23/h2-9,11H,10H2,1H3,(H,19,21)/t11-/m0/s1. The number of aromatic nitrogens is 1. The zero-order valence-electron chi connectivity index (χ0n) is 12.5. The SMILES string of the molecule is C[C@@H](C(=O)NCc1ccncc1)N1C(=O)c2ccccc2C1=O. The van der Waals surface area contributed by atoms with Crippen LogP contribution < -0.4 is 5.32 Å². The number of rotatable bonds is 4. The smallest absolute Gasteiger partial charge is 0.262 e. The van der Waals surface area contributed by atoms with E-state index in [9.17, 15) is 14.4 Å². The van der Waals surface area contributed by atoms with Crippen molar-refractivity contribution in [2.75, 3.05) is 0 Å². The first kappa shape index (κ1) is 14.9. The molecule has 0 saturated heterocycles. The van der Waals surface area contributed by atoms with E-state index in [1.165, 1.54) is 0 Å². The number of hydrogen-bond acceptors (Lipinski definition) is 4. The maximum absolute atomic E-state index is 12.3. The largest absolute Gasteiger partial charge is 0.350 e. The summed E-state index contributed by atoms with van der Waals surface area (Å²) in [6.45, 7) is 1.86. The molecule has 0 bridgehead atoms. The molecule has 3 amide bonds. The van der Waals surface area contributed by atoms with Gasteiger partial charge in [-0.25, -0.2) is 0 Å². The van der Waals surface area contributed by atoms with Crippen molar-refractivity contribution in [2.24, 2.45) is 0 Å². The van der Waals surface area contributed by atoms with Crippen molar-refractivity contribution in [2.45, 2.75) is 19.5 Å². The Kier molecular flexibility index (Phi) is 3.89. The molecule has 0 unspecified atom stereocenters. The van der Waals surface area contributed by atoms with Gasteiger partial charge in [-0.3, -0.25) is 24.3 Å². The summed E-state index contributed by atoms with van der Waals surface area (Å²) >= 11 is 0. The molecule has 6 heteroatoms. The average molecular weight is 309 g/mol. The van der Waals surface area contributed by atoms with E-state index >= 15 is 0 Å². The van der Waals surface area contributed by atoms with Crippen molar-refractivity contribution in [3.63, 3.8) is 0 Å². The molecule has 0 fully saturated rings. The Morgan fingerprint density at radius 3 is 2.22 bits per heavy atom. The van der Waals surface area contributed by atoms with Gasteiger partial charge in [0.2, 0.25) is 5.91 Å². The number of carbonyl (C=O) groups excluding carboxylic acids is 3. The third-order valence-electron chi connectivity index (χ3n) is 3.81. The first-order valence-corrected chi connectivity index (χ1v) is 7.23. The van der Waals surface area contributed by atoms with Crippen molar-refractivity contribution in [1.82, 2.24) is 15.2 Å². The van der Waals surface area contributed by atoms with Crippen LogP contribution in [0.25, 0.3) is 0 Å². The molecular weight excluding hydrogens is 294 g/mol. The lowest BCUT2D eigenvalue weighted by Gasteiger charge is -2.21. The van der Waals surface area contributed by atoms with Gasteiger partial charge in [-0.05, 0) is 36.8 Å². The molecule has 2 heterocycles. The summed E-state index contributed by atoms with van der Waals surface area (Å²) in [6.07, 6.45) is 3.27. The highest BCUT2D eigenvalue weighted by molar-refractivity contribution is 6.22. The number of nitrogens with zero attached hydrogens (tertiary/aromatic N) is 2. The van der Waals surface area contributed by atoms with E-state index < -0.39 is 17.9 Å². The molecule has 116 valence electrons. The fourth-order valence-electron chi connectivity index (χ4n) is 2.51. The van der Waals surface area contributed by atoms with Crippen LogP contribution in [-0.4, -0.2) is 33.6 Å². The van der Waals surface area contributed by atoms with Crippen molar-refractivity contribution in [1.29, 1.82) is 0 Å². The molecule has 0 aliphatic carbocycles. The first-order chi connectivity index (χ1) is 11.1. The Hall–Kier alpha value is -3.02. The topological polar surface area (TPSA) is 79.4 Å². The zero-order chi connectivity index (χ0) is 16.4. The predicted octanol–water partition coefficient (Wildman–Crippen LogP) is 1.38. The molecule has 1 aromatic carbocycles. The number of fused-ring (bicyclic) bond motifs is 1. The van der Waals surface area contributed by atoms with Crippen LogP contribution in [0.1, 0.15) is 33.2 Å². The van der Waals surface area contributed by atoms with Crippen molar-refractivity contribution in [3.05, 3.63) is 65.5 Å². The lowest BCUT2D eigenvalue weighted by atomic mass is 10.1. The summed E-state index contributed by atoms with van der Waals surface area (Å²) in [5.74, 6) is -1.24. The van der Waals surface area contributed by atoms with Crippen LogP contribution in [0.5, 0.6) is 0 Å². The van der Waals surface area contributed by atoms with E-state index in [2.05, 4.69) is 10.3 Å². The van der Waals surface area contributed by atoms with E-state index in [4.69, 9.17) is 0 Å². The highest BCUT2D eigenvalue weighted by Crippen LogP contribution is 2.24. The summed E-state index contributed by atoms with van der Waals surface area (Å²) in [5, 5.41) is 2.73. The second kappa shape index (κ2) is 6.00. The highest BCUT2D eigenvalue weighted by Gasteiger charge is 2.40. The van der Waals surface area contributed by atoms with Crippen LogP contribution in [0, 0.1) is 0 Å². The monoisotopic (exact) mass is 309 g/mol. The fraction of sp³-hybridized carbons (Fsp3) is 0.176. The fourth-order valence-corrected chi connectivity index (χ4v) is 2.51. The second-order valence-corrected chi connectivity index (χ2v) is 5.28. The summed E-state index contributed by atoms with van der Waals surface area (Å²) in [7, 11) is 0. The molecule has 0 saturated carbocycles. The van der Waals surface area contributed by atoms with Crippen molar-refractivity contribution < 1.29 is 14.4 Å². The molecule has 6 nitrogen and oxygen atoms in total. The molecule has 1 N–H and O–H groups in total. The summed E-state index contributed by atoms with van der Waals surface area (Å²) < 4.78 is 0. The van der Waals surface area contributed by atoms with Crippen molar-refractivity contribution >= 4 is 17.7 Å². The molecule has 0 radical (unpaired) electrons. The van der Waals surface area contributed by atoms with Gasteiger partial charge < -0.3 is 5.32 Å². The number of amides is 3. The van der Waals surface area contributed by atoms with Gasteiger partial charge in [-0.2, -0.15) is 0 Å². The number of pyridine rings is 1. The number of imide groups is 1. The van der Waals surface area contributed by atoms with Gasteiger partial charge in [0, 0.05) is 18.9 Å². The Balaban J connectivity index is 1.71. The van der Waals surface area contributed by atoms with Crippen LogP contribution in [0.2, 0.25) is 0 Å². The highest BCUT2D eigenvalue weighted by atomic mass is 16.2. The molecule has 0 spiro atoms. The Bertz CT molecular complexity index is 739. The Morgan fingerprint density at radius 2 is 1.65 bits per heavy atom. The number of hydrogen-bond donors (Lipinski definition) is 1.